The summed E-state index contributed by atoms with van der Waals surface area (Å²) in [7, 11) is 1.68. The number of hydrogen-bond donors (Lipinski definition) is 1. The molecular formula is C10H18N2O2. The third kappa shape index (κ3) is 1.33. The first-order valence-electron chi connectivity index (χ1n) is 5.18. The maximum atomic E-state index is 11.8. The Hall–Kier alpha value is -0.610. The number of nitrogens with two attached hydrogens (primary N) is 1. The molecule has 1 unspecified atom stereocenters. The number of likely N-dealkylation sites (tertiary alicyclic amines) is 1. The van der Waals surface area contributed by atoms with Gasteiger partial charge in [0.05, 0.1) is 12.6 Å². The minimum atomic E-state index is -0.223. The van der Waals surface area contributed by atoms with Gasteiger partial charge in [-0.1, -0.05) is 0 Å². The molecule has 2 rings (SSSR count). The molecule has 1 heterocycles. The van der Waals surface area contributed by atoms with Gasteiger partial charge in [-0.25, -0.2) is 0 Å². The predicted octanol–water partition coefficient (Wildman–Crippen LogP) is -0.0290. The Morgan fingerprint density at radius 2 is 2.29 bits per heavy atom. The van der Waals surface area contributed by atoms with Gasteiger partial charge < -0.3 is 15.4 Å². The summed E-state index contributed by atoms with van der Waals surface area (Å²) in [5.74, 6) is 0.556. The van der Waals surface area contributed by atoms with E-state index in [0.29, 0.717) is 13.1 Å². The fraction of sp³-hybridized carbons (Fsp3) is 0.900. The van der Waals surface area contributed by atoms with Gasteiger partial charge in [-0.05, 0) is 19.8 Å². The van der Waals surface area contributed by atoms with Crippen LogP contribution in [0.15, 0.2) is 0 Å². The normalized spacial score (nSPS) is 36.8. The first kappa shape index (κ1) is 9.93. The SMILES string of the molecule is COC1(C)CN(C(=O)C2CC2)[C@@H]1CN. The quantitative estimate of drug-likeness (QED) is 0.693. The Morgan fingerprint density at radius 3 is 2.71 bits per heavy atom. The maximum Gasteiger partial charge on any atom is 0.226 e. The van der Waals surface area contributed by atoms with Gasteiger partial charge in [-0.2, -0.15) is 0 Å². The lowest BCUT2D eigenvalue weighted by Crippen LogP contribution is -2.73. The smallest absolute Gasteiger partial charge is 0.226 e. The third-order valence-electron chi connectivity index (χ3n) is 3.46. The molecule has 0 aromatic heterocycles. The van der Waals surface area contributed by atoms with Gasteiger partial charge >= 0.3 is 0 Å². The molecule has 1 aliphatic carbocycles. The summed E-state index contributed by atoms with van der Waals surface area (Å²) in [4.78, 5) is 13.7. The van der Waals surface area contributed by atoms with Crippen molar-refractivity contribution >= 4 is 5.91 Å². The average molecular weight is 198 g/mol. The minimum Gasteiger partial charge on any atom is -0.374 e. The fourth-order valence-electron chi connectivity index (χ4n) is 2.14. The van der Waals surface area contributed by atoms with Crippen LogP contribution in [-0.4, -0.2) is 42.6 Å². The zero-order valence-corrected chi connectivity index (χ0v) is 8.82. The summed E-state index contributed by atoms with van der Waals surface area (Å²) >= 11 is 0. The first-order valence-corrected chi connectivity index (χ1v) is 5.18. The van der Waals surface area contributed by atoms with Gasteiger partial charge in [0.25, 0.3) is 0 Å². The number of amides is 1. The molecule has 0 aromatic rings. The van der Waals surface area contributed by atoms with E-state index in [2.05, 4.69) is 0 Å². The summed E-state index contributed by atoms with van der Waals surface area (Å²) in [6.07, 6.45) is 2.10. The van der Waals surface area contributed by atoms with E-state index in [-0.39, 0.29) is 23.5 Å². The lowest BCUT2D eigenvalue weighted by atomic mass is 9.84. The van der Waals surface area contributed by atoms with Crippen LogP contribution in [0.25, 0.3) is 0 Å². The van der Waals surface area contributed by atoms with Crippen LogP contribution in [0.3, 0.4) is 0 Å². The lowest BCUT2D eigenvalue weighted by molar-refractivity contribution is -0.179. The summed E-state index contributed by atoms with van der Waals surface area (Å²) in [5, 5.41) is 0. The van der Waals surface area contributed by atoms with Gasteiger partial charge in [0.2, 0.25) is 5.91 Å². The number of carbonyl (C=O) groups is 1. The molecule has 80 valence electrons. The molecule has 0 aromatic carbocycles. The van der Waals surface area contributed by atoms with Crippen LogP contribution >= 0.6 is 0 Å². The van der Waals surface area contributed by atoms with Gasteiger partial charge in [-0.3, -0.25) is 4.79 Å². The van der Waals surface area contributed by atoms with E-state index in [1.165, 1.54) is 0 Å². The highest BCUT2D eigenvalue weighted by molar-refractivity contribution is 5.82. The number of hydrogen-bond acceptors (Lipinski definition) is 3. The van der Waals surface area contributed by atoms with E-state index in [9.17, 15) is 4.79 Å². The molecule has 2 aliphatic rings. The Balaban J connectivity index is 2.00. The van der Waals surface area contributed by atoms with Crippen LogP contribution in [0.1, 0.15) is 19.8 Å². The first-order chi connectivity index (χ1) is 6.62. The van der Waals surface area contributed by atoms with Crippen molar-refractivity contribution < 1.29 is 9.53 Å². The molecular weight excluding hydrogens is 180 g/mol. The van der Waals surface area contributed by atoms with Crippen molar-refractivity contribution in [1.82, 2.24) is 4.90 Å². The number of ether oxygens (including phenoxy) is 1. The molecule has 0 radical (unpaired) electrons. The van der Waals surface area contributed by atoms with Crippen molar-refractivity contribution in [1.29, 1.82) is 0 Å². The van der Waals surface area contributed by atoms with Crippen molar-refractivity contribution in [2.75, 3.05) is 20.2 Å². The lowest BCUT2D eigenvalue weighted by Gasteiger charge is -2.54. The Morgan fingerprint density at radius 1 is 1.64 bits per heavy atom. The van der Waals surface area contributed by atoms with E-state index >= 15 is 0 Å². The number of methoxy groups -OCH3 is 1. The highest BCUT2D eigenvalue weighted by Gasteiger charge is 2.53. The van der Waals surface area contributed by atoms with Gasteiger partial charge in [-0.15, -0.1) is 0 Å². The molecule has 4 heteroatoms. The fourth-order valence-corrected chi connectivity index (χ4v) is 2.14. The van der Waals surface area contributed by atoms with Crippen molar-refractivity contribution in [3.8, 4) is 0 Å². The van der Waals surface area contributed by atoms with Crippen LogP contribution in [0, 0.1) is 5.92 Å². The molecule has 0 bridgehead atoms. The van der Waals surface area contributed by atoms with Gasteiger partial charge in [0.15, 0.2) is 0 Å². The van der Waals surface area contributed by atoms with Crippen molar-refractivity contribution in [3.05, 3.63) is 0 Å². The third-order valence-corrected chi connectivity index (χ3v) is 3.46. The zero-order chi connectivity index (χ0) is 10.3. The van der Waals surface area contributed by atoms with E-state index in [0.717, 1.165) is 12.8 Å². The number of nitrogens with zero attached hydrogens (tertiary/aromatic N) is 1. The molecule has 2 fully saturated rings. The second kappa shape index (κ2) is 3.21. The number of rotatable bonds is 3. The molecule has 2 N–H and O–H groups in total. The predicted molar refractivity (Wildman–Crippen MR) is 52.7 cm³/mol. The van der Waals surface area contributed by atoms with Gasteiger partial charge in [0.1, 0.15) is 5.60 Å². The molecule has 1 saturated heterocycles. The summed E-state index contributed by atoms with van der Waals surface area (Å²) in [6, 6.07) is 0.0700. The largest absolute Gasteiger partial charge is 0.374 e. The van der Waals surface area contributed by atoms with Crippen molar-refractivity contribution in [2.45, 2.75) is 31.4 Å². The summed E-state index contributed by atoms with van der Waals surface area (Å²) < 4.78 is 5.38. The molecule has 4 nitrogen and oxygen atoms in total. The summed E-state index contributed by atoms with van der Waals surface area (Å²) in [6.45, 7) is 3.20. The van der Waals surface area contributed by atoms with Crippen LogP contribution in [0.2, 0.25) is 0 Å². The molecule has 1 saturated carbocycles. The van der Waals surface area contributed by atoms with Crippen molar-refractivity contribution in [2.24, 2.45) is 11.7 Å². The van der Waals surface area contributed by atoms with E-state index in [4.69, 9.17) is 10.5 Å². The standard InChI is InChI=1S/C10H18N2O2/c1-10(14-2)6-12(8(10)5-11)9(13)7-3-4-7/h7-8H,3-6,11H2,1-2H3/t8-,10?/m1/s1. The molecule has 2 atom stereocenters. The highest BCUT2D eigenvalue weighted by atomic mass is 16.5. The molecule has 0 spiro atoms. The van der Waals surface area contributed by atoms with Crippen LogP contribution in [0.4, 0.5) is 0 Å². The topological polar surface area (TPSA) is 55.6 Å². The molecule has 1 aliphatic heterocycles. The second-order valence-corrected chi connectivity index (χ2v) is 4.51. The Kier molecular flexibility index (Phi) is 2.27. The molecule has 1 amide bonds. The maximum absolute atomic E-state index is 11.8. The zero-order valence-electron chi connectivity index (χ0n) is 8.82. The summed E-state index contributed by atoms with van der Waals surface area (Å²) in [5.41, 5.74) is 5.44. The highest BCUT2D eigenvalue weighted by Crippen LogP contribution is 2.38. The minimum absolute atomic E-state index is 0.0700. The van der Waals surface area contributed by atoms with Crippen molar-refractivity contribution in [3.63, 3.8) is 0 Å². The number of carbonyl (C=O) groups excluding carboxylic acids is 1. The second-order valence-electron chi connectivity index (χ2n) is 4.51. The van der Waals surface area contributed by atoms with Gasteiger partial charge in [0, 0.05) is 19.6 Å². The average Bonchev–Trinajstić information content (AvgIpc) is 2.96. The van der Waals surface area contributed by atoms with E-state index < -0.39 is 0 Å². The molecule has 14 heavy (non-hydrogen) atoms. The van der Waals surface area contributed by atoms with E-state index in [1.54, 1.807) is 7.11 Å². The van der Waals surface area contributed by atoms with Crippen LogP contribution < -0.4 is 5.73 Å². The van der Waals surface area contributed by atoms with Crippen LogP contribution in [-0.2, 0) is 9.53 Å². The van der Waals surface area contributed by atoms with Crippen LogP contribution in [0.5, 0.6) is 0 Å². The monoisotopic (exact) mass is 198 g/mol. The Labute approximate surface area is 84.4 Å². The van der Waals surface area contributed by atoms with E-state index in [1.807, 2.05) is 11.8 Å². The Bertz CT molecular complexity index is 253.